The molecule has 0 radical (unpaired) electrons. The largest absolute Gasteiger partial charge is 0.513 e. The average Bonchev–Trinajstić information content (AvgIpc) is 4.09. The molecule has 2 aromatic carbocycles. The number of amides is 6. The summed E-state index contributed by atoms with van der Waals surface area (Å²) in [5.74, 6) is -1.76. The lowest BCUT2D eigenvalue weighted by Crippen LogP contribution is -2.31. The van der Waals surface area contributed by atoms with E-state index in [0.717, 1.165) is 23.0 Å². The van der Waals surface area contributed by atoms with Crippen LogP contribution in [0.4, 0.5) is 21.0 Å². The summed E-state index contributed by atoms with van der Waals surface area (Å²) in [6.07, 6.45) is 10.0. The molecule has 0 bridgehead atoms. The number of rotatable bonds is 13. The van der Waals surface area contributed by atoms with Crippen LogP contribution in [-0.4, -0.2) is 135 Å². The minimum Gasteiger partial charge on any atom is -0.434 e. The number of benzene rings is 2. The number of hydrogen-bond acceptors (Lipinski definition) is 19. The Balaban J connectivity index is 0.000000423. The molecule has 6 amide bonds. The monoisotopic (exact) mass is 921 g/mol. The van der Waals surface area contributed by atoms with E-state index in [1.807, 2.05) is 5.32 Å². The molecule has 4 aliphatic heterocycles. The van der Waals surface area contributed by atoms with Crippen LogP contribution in [-0.2, 0) is 38.2 Å². The number of aliphatic hydroxyl groups excluding tert-OH is 3. The highest BCUT2D eigenvalue weighted by atomic mass is 35.5. The number of nitrogens with one attached hydrogen (secondary N) is 1. The van der Waals surface area contributed by atoms with Crippen molar-refractivity contribution in [2.45, 2.75) is 32.1 Å². The molecular weight excluding hydrogens is 878 g/mol. The van der Waals surface area contributed by atoms with Crippen LogP contribution in [0.25, 0.3) is 0 Å². The quantitative estimate of drug-likeness (QED) is 0.0426. The molecule has 64 heavy (non-hydrogen) atoms. The highest BCUT2D eigenvalue weighted by molar-refractivity contribution is 6.61. The van der Waals surface area contributed by atoms with Crippen molar-refractivity contribution in [1.82, 2.24) is 15.1 Å². The molecule has 1 fully saturated rings. The van der Waals surface area contributed by atoms with Crippen LogP contribution in [0.5, 0.6) is 11.5 Å². The Morgan fingerprint density at radius 2 is 1.02 bits per heavy atom. The first-order valence-corrected chi connectivity index (χ1v) is 19.1. The lowest BCUT2D eigenvalue weighted by Gasteiger charge is -2.13. The highest BCUT2D eigenvalue weighted by Crippen LogP contribution is 2.19. The predicted molar refractivity (Wildman–Crippen MR) is 219 cm³/mol. The second-order valence-corrected chi connectivity index (χ2v) is 12.4. The van der Waals surface area contributed by atoms with E-state index < -0.39 is 33.2 Å². The van der Waals surface area contributed by atoms with Crippen LogP contribution >= 0.6 is 11.6 Å². The first kappa shape index (κ1) is 54.8. The molecule has 24 nitrogen and oxygen atoms in total. The molecule has 4 heterocycles. The third-order valence-corrected chi connectivity index (χ3v) is 7.43. The number of nitrogens with zero attached hydrogens (tertiary/aromatic N) is 4. The van der Waals surface area contributed by atoms with Crippen LogP contribution in [0.2, 0.25) is 0 Å². The number of carbonyl (C=O) groups excluding carboxylic acids is 8. The molecule has 25 heteroatoms. The van der Waals surface area contributed by atoms with Gasteiger partial charge in [0.1, 0.15) is 11.5 Å². The summed E-state index contributed by atoms with van der Waals surface area (Å²) in [6.45, 7) is 2.59. The van der Waals surface area contributed by atoms with Crippen molar-refractivity contribution in [3.63, 3.8) is 0 Å². The number of non-ortho nitro benzene ring substituents is 2. The molecule has 0 spiro atoms. The number of ether oxygens (including phenoxy) is 4. The Labute approximate surface area is 368 Å². The average molecular weight is 922 g/mol. The summed E-state index contributed by atoms with van der Waals surface area (Å²) < 4.78 is 19.0. The van der Waals surface area contributed by atoms with Gasteiger partial charge in [-0.05, 0) is 56.4 Å². The number of nitro groups is 2. The van der Waals surface area contributed by atoms with Gasteiger partial charge >= 0.3 is 11.6 Å². The summed E-state index contributed by atoms with van der Waals surface area (Å²) in [4.78, 5) is 108. The van der Waals surface area contributed by atoms with Crippen molar-refractivity contribution >= 4 is 70.0 Å². The number of aliphatic hydroxyl groups is 3. The molecule has 4 N–H and O–H groups in total. The number of imide groups is 3. The summed E-state index contributed by atoms with van der Waals surface area (Å²) >= 11 is 4.92. The van der Waals surface area contributed by atoms with Crippen LogP contribution < -0.4 is 14.8 Å². The minimum atomic E-state index is -0.978. The molecule has 0 aromatic heterocycles. The van der Waals surface area contributed by atoms with E-state index in [-0.39, 0.29) is 85.9 Å². The number of carbonyl (C=O) groups is 8. The normalized spacial score (nSPS) is 14.0. The van der Waals surface area contributed by atoms with Gasteiger partial charge in [0.25, 0.3) is 46.8 Å². The van der Waals surface area contributed by atoms with Crippen molar-refractivity contribution < 1.29 is 82.5 Å². The Morgan fingerprint density at radius 3 is 1.31 bits per heavy atom. The third-order valence-electron chi connectivity index (χ3n) is 7.36. The topological polar surface area (TPSA) is 339 Å². The minimum absolute atomic E-state index is 0.00292. The van der Waals surface area contributed by atoms with Crippen molar-refractivity contribution in [1.29, 1.82) is 0 Å². The summed E-state index contributed by atoms with van der Waals surface area (Å²) in [5, 5.41) is 47.0. The van der Waals surface area contributed by atoms with E-state index in [9.17, 15) is 58.6 Å². The van der Waals surface area contributed by atoms with Gasteiger partial charge in [-0.3, -0.25) is 64.1 Å². The smallest absolute Gasteiger partial charge is 0.434 e. The molecule has 0 saturated carbocycles. The van der Waals surface area contributed by atoms with Crippen molar-refractivity contribution in [2.75, 3.05) is 52.7 Å². The Bertz CT molecular complexity index is 1940. The van der Waals surface area contributed by atoms with Crippen molar-refractivity contribution in [3.8, 4) is 11.5 Å². The zero-order valence-electron chi connectivity index (χ0n) is 33.8. The van der Waals surface area contributed by atoms with Gasteiger partial charge < -0.3 is 34.3 Å². The van der Waals surface area contributed by atoms with E-state index in [0.29, 0.717) is 19.4 Å². The zero-order valence-corrected chi connectivity index (χ0v) is 34.6. The van der Waals surface area contributed by atoms with Gasteiger partial charge in [-0.15, -0.1) is 0 Å². The lowest BCUT2D eigenvalue weighted by molar-refractivity contribution is -0.385. The van der Waals surface area contributed by atoms with E-state index >= 15 is 0 Å². The van der Waals surface area contributed by atoms with Gasteiger partial charge in [-0.1, -0.05) is 0 Å². The molecular formula is C39H44ClN5O19. The Hall–Kier alpha value is -7.25. The molecule has 1 saturated heterocycles. The predicted octanol–water partition coefficient (Wildman–Crippen LogP) is 2.41. The van der Waals surface area contributed by atoms with Gasteiger partial charge in [0, 0.05) is 118 Å². The Morgan fingerprint density at radius 1 is 0.625 bits per heavy atom. The SMILES string of the molecule is C1CCOC1.O=C(Cl)Oc1ccc([N+](=O)[O-])cc1.O=C(OCCCN1C(=O)C=CC1=O)Oc1ccc([N+](=O)[O-])cc1.O=C1C=CC(=O)N1.O=C1C=CC(=O)N1CCCO.OCCCO. The standard InChI is InChI=1S/C14H12N2O7.C7H4ClNO4.C7H9NO3.C4H3NO2.C4H8O.C3H8O2/c17-12-6-7-13(18)15(12)8-1-9-22-14(19)23-11-4-2-10(3-5-11)16(20)21;8-7(10)13-6-3-1-5(2-4-6)9(11)12;9-5-1-4-8-6(10)2-3-7(8)11;6-3-1-2-4(7)5-3;1-2-4-5-3-1;4-2-1-3-5/h2-7H,1,8-9H2;1-4H;2-3,9H,1,4-5H2;1-2H,(H,5,6,7);1-4H2;4-5H,1-3H2. The summed E-state index contributed by atoms with van der Waals surface area (Å²) in [5.41, 5.74) is -1.18. The fourth-order valence-electron chi connectivity index (χ4n) is 4.34. The maximum absolute atomic E-state index is 11.4. The maximum atomic E-state index is 11.4. The number of hydrogen-bond donors (Lipinski definition) is 4. The number of nitro benzene ring substituents is 2. The third kappa shape index (κ3) is 23.7. The zero-order chi connectivity index (χ0) is 47.9. The van der Waals surface area contributed by atoms with Crippen LogP contribution in [0.3, 0.4) is 0 Å². The fraction of sp³-hybridized carbons (Fsp3) is 0.333. The van der Waals surface area contributed by atoms with Crippen LogP contribution in [0.15, 0.2) is 85.0 Å². The molecule has 346 valence electrons. The molecule has 0 aliphatic carbocycles. The molecule has 6 rings (SSSR count). The first-order valence-electron chi connectivity index (χ1n) is 18.7. The van der Waals surface area contributed by atoms with Gasteiger partial charge in [0.15, 0.2) is 0 Å². The summed E-state index contributed by atoms with van der Waals surface area (Å²) in [6, 6.07) is 9.95. The Kier molecular flexibility index (Phi) is 27.0. The number of halogens is 1. The van der Waals surface area contributed by atoms with Gasteiger partial charge in [0.05, 0.1) is 16.5 Å². The van der Waals surface area contributed by atoms with Crippen LogP contribution in [0, 0.1) is 20.2 Å². The van der Waals surface area contributed by atoms with Gasteiger partial charge in [-0.25, -0.2) is 9.59 Å². The van der Waals surface area contributed by atoms with Gasteiger partial charge in [0.2, 0.25) is 0 Å². The van der Waals surface area contributed by atoms with Gasteiger partial charge in [-0.2, -0.15) is 0 Å². The second kappa shape index (κ2) is 31.6. The molecule has 4 aliphatic rings. The fourth-order valence-corrected chi connectivity index (χ4v) is 4.43. The first-order chi connectivity index (χ1) is 30.5. The van der Waals surface area contributed by atoms with Crippen molar-refractivity contribution in [3.05, 3.63) is 105 Å². The molecule has 2 aromatic rings. The highest BCUT2D eigenvalue weighted by Gasteiger charge is 2.23. The maximum Gasteiger partial charge on any atom is 0.513 e. The molecule has 0 unspecified atom stereocenters. The van der Waals surface area contributed by atoms with E-state index in [1.165, 1.54) is 97.8 Å². The van der Waals surface area contributed by atoms with E-state index in [2.05, 4.69) is 4.74 Å². The second-order valence-electron chi connectivity index (χ2n) is 12.1. The van der Waals surface area contributed by atoms with Crippen molar-refractivity contribution in [2.24, 2.45) is 0 Å². The molecule has 0 atom stereocenters. The van der Waals surface area contributed by atoms with E-state index in [4.69, 9.17) is 41.1 Å². The van der Waals surface area contributed by atoms with E-state index in [1.54, 1.807) is 0 Å². The van der Waals surface area contributed by atoms with Crippen LogP contribution in [0.1, 0.15) is 32.1 Å². The lowest BCUT2D eigenvalue weighted by atomic mass is 10.3. The summed E-state index contributed by atoms with van der Waals surface area (Å²) in [7, 11) is 0.